The second kappa shape index (κ2) is 18.8. The third-order valence-corrected chi connectivity index (χ3v) is 6.70. The lowest BCUT2D eigenvalue weighted by molar-refractivity contribution is 0.463. The molecule has 0 atom stereocenters. The SMILES string of the molecule is CCCCCCCCCCCCc1c(O)ccc(CC)c1CCCCCCCCC. The molecule has 0 aromatic heterocycles. The van der Waals surface area contributed by atoms with Crippen LogP contribution in [0.4, 0.5) is 0 Å². The highest BCUT2D eigenvalue weighted by molar-refractivity contribution is 5.44. The van der Waals surface area contributed by atoms with E-state index in [1.165, 1.54) is 126 Å². The van der Waals surface area contributed by atoms with Gasteiger partial charge in [0.25, 0.3) is 0 Å². The van der Waals surface area contributed by atoms with Gasteiger partial charge >= 0.3 is 0 Å². The molecule has 0 amide bonds. The summed E-state index contributed by atoms with van der Waals surface area (Å²) < 4.78 is 0. The molecular weight excluding hydrogens is 364 g/mol. The Morgan fingerprint density at radius 1 is 0.500 bits per heavy atom. The minimum absolute atomic E-state index is 0.543. The molecule has 0 aliphatic carbocycles. The summed E-state index contributed by atoms with van der Waals surface area (Å²) in [4.78, 5) is 0. The van der Waals surface area contributed by atoms with E-state index >= 15 is 0 Å². The molecule has 1 aromatic rings. The van der Waals surface area contributed by atoms with Gasteiger partial charge in [-0.1, -0.05) is 123 Å². The molecule has 0 aliphatic rings. The molecule has 0 aliphatic heterocycles. The maximum Gasteiger partial charge on any atom is 0.119 e. The first-order valence-corrected chi connectivity index (χ1v) is 13.6. The van der Waals surface area contributed by atoms with Crippen LogP contribution in [0.15, 0.2) is 12.1 Å². The molecule has 0 radical (unpaired) electrons. The fourth-order valence-corrected chi connectivity index (χ4v) is 4.70. The lowest BCUT2D eigenvalue weighted by Gasteiger charge is -2.16. The molecule has 0 fully saturated rings. The molecule has 0 heterocycles. The Balaban J connectivity index is 2.35. The second-order valence-electron chi connectivity index (χ2n) is 9.36. The Hall–Kier alpha value is -0.980. The Morgan fingerprint density at radius 2 is 0.900 bits per heavy atom. The summed E-state index contributed by atoms with van der Waals surface area (Å²) in [6, 6.07) is 4.10. The highest BCUT2D eigenvalue weighted by atomic mass is 16.3. The molecule has 1 nitrogen and oxygen atoms in total. The van der Waals surface area contributed by atoms with Gasteiger partial charge in [0.2, 0.25) is 0 Å². The molecule has 30 heavy (non-hydrogen) atoms. The van der Waals surface area contributed by atoms with Gasteiger partial charge in [0.15, 0.2) is 0 Å². The molecule has 0 unspecified atom stereocenters. The molecular formula is C29H52O. The van der Waals surface area contributed by atoms with Gasteiger partial charge in [-0.25, -0.2) is 0 Å². The topological polar surface area (TPSA) is 20.2 Å². The molecule has 0 saturated heterocycles. The van der Waals surface area contributed by atoms with E-state index in [0.29, 0.717) is 5.75 Å². The normalized spacial score (nSPS) is 11.3. The standard InChI is InChI=1S/C29H52O/c1-4-7-9-11-13-14-15-17-19-21-23-28-27(26(6-3)24-25-29(28)30)22-20-18-16-12-10-8-5-2/h24-25,30H,4-23H2,1-3H3. The van der Waals surface area contributed by atoms with Crippen molar-refractivity contribution >= 4 is 0 Å². The van der Waals surface area contributed by atoms with Crippen LogP contribution in [0.25, 0.3) is 0 Å². The molecule has 1 rings (SSSR count). The third kappa shape index (κ3) is 12.0. The van der Waals surface area contributed by atoms with Crippen molar-refractivity contribution < 1.29 is 5.11 Å². The lowest BCUT2D eigenvalue weighted by atomic mass is 9.90. The van der Waals surface area contributed by atoms with Crippen LogP contribution in [-0.4, -0.2) is 5.11 Å². The quantitative estimate of drug-likeness (QED) is 0.210. The van der Waals surface area contributed by atoms with E-state index in [9.17, 15) is 5.11 Å². The van der Waals surface area contributed by atoms with Crippen molar-refractivity contribution in [3.63, 3.8) is 0 Å². The van der Waals surface area contributed by atoms with E-state index in [1.54, 1.807) is 0 Å². The highest BCUT2D eigenvalue weighted by Crippen LogP contribution is 2.29. The van der Waals surface area contributed by atoms with Crippen LogP contribution in [0, 0.1) is 0 Å². The number of phenolic OH excluding ortho intramolecular Hbond substituents is 1. The Labute approximate surface area is 189 Å². The second-order valence-corrected chi connectivity index (χ2v) is 9.36. The maximum atomic E-state index is 10.6. The van der Waals surface area contributed by atoms with Gasteiger partial charge in [0.1, 0.15) is 5.75 Å². The summed E-state index contributed by atoms with van der Waals surface area (Å²) in [5.74, 6) is 0.543. The minimum Gasteiger partial charge on any atom is -0.508 e. The monoisotopic (exact) mass is 416 g/mol. The zero-order valence-electron chi connectivity index (χ0n) is 20.7. The van der Waals surface area contributed by atoms with Crippen molar-refractivity contribution in [2.45, 2.75) is 149 Å². The third-order valence-electron chi connectivity index (χ3n) is 6.70. The summed E-state index contributed by atoms with van der Waals surface area (Å²) in [5, 5.41) is 10.6. The van der Waals surface area contributed by atoms with Crippen molar-refractivity contribution in [3.05, 3.63) is 28.8 Å². The van der Waals surface area contributed by atoms with Crippen LogP contribution in [0.5, 0.6) is 5.75 Å². The van der Waals surface area contributed by atoms with Gasteiger partial charge < -0.3 is 5.11 Å². The van der Waals surface area contributed by atoms with Crippen LogP contribution in [-0.2, 0) is 19.3 Å². The first kappa shape index (κ1) is 27.1. The van der Waals surface area contributed by atoms with Crippen molar-refractivity contribution in [2.75, 3.05) is 0 Å². The van der Waals surface area contributed by atoms with Gasteiger partial charge in [0.05, 0.1) is 0 Å². The lowest BCUT2D eigenvalue weighted by Crippen LogP contribution is -2.01. The van der Waals surface area contributed by atoms with Crippen molar-refractivity contribution in [1.29, 1.82) is 0 Å². The molecule has 0 bridgehead atoms. The van der Waals surface area contributed by atoms with Gasteiger partial charge in [0, 0.05) is 0 Å². The fourth-order valence-electron chi connectivity index (χ4n) is 4.70. The van der Waals surface area contributed by atoms with Crippen LogP contribution in [0.3, 0.4) is 0 Å². The number of aromatic hydroxyl groups is 1. The van der Waals surface area contributed by atoms with Crippen LogP contribution in [0.1, 0.15) is 147 Å². The summed E-state index contributed by atoms with van der Waals surface area (Å²) in [7, 11) is 0. The molecule has 1 N–H and O–H groups in total. The van der Waals surface area contributed by atoms with Gasteiger partial charge in [-0.15, -0.1) is 0 Å². The van der Waals surface area contributed by atoms with E-state index < -0.39 is 0 Å². The van der Waals surface area contributed by atoms with E-state index in [-0.39, 0.29) is 0 Å². The minimum atomic E-state index is 0.543. The fraction of sp³-hybridized carbons (Fsp3) is 0.793. The van der Waals surface area contributed by atoms with E-state index in [0.717, 1.165) is 19.3 Å². The predicted octanol–water partition coefficient (Wildman–Crippen LogP) is 9.71. The van der Waals surface area contributed by atoms with E-state index in [2.05, 4.69) is 26.8 Å². The highest BCUT2D eigenvalue weighted by Gasteiger charge is 2.12. The first-order valence-electron chi connectivity index (χ1n) is 13.6. The Morgan fingerprint density at radius 3 is 1.33 bits per heavy atom. The van der Waals surface area contributed by atoms with Crippen LogP contribution < -0.4 is 0 Å². The van der Waals surface area contributed by atoms with Crippen molar-refractivity contribution in [1.82, 2.24) is 0 Å². The van der Waals surface area contributed by atoms with Crippen molar-refractivity contribution in [3.8, 4) is 5.75 Å². The predicted molar refractivity (Wildman–Crippen MR) is 135 cm³/mol. The molecule has 0 saturated carbocycles. The first-order chi connectivity index (χ1) is 14.7. The molecule has 0 spiro atoms. The zero-order chi connectivity index (χ0) is 21.9. The van der Waals surface area contributed by atoms with Gasteiger partial charge in [-0.05, 0) is 54.9 Å². The molecule has 1 aromatic carbocycles. The number of rotatable bonds is 20. The van der Waals surface area contributed by atoms with E-state index in [4.69, 9.17) is 0 Å². The largest absolute Gasteiger partial charge is 0.508 e. The molecule has 1 heteroatoms. The zero-order valence-corrected chi connectivity index (χ0v) is 20.7. The van der Waals surface area contributed by atoms with Crippen molar-refractivity contribution in [2.24, 2.45) is 0 Å². The smallest absolute Gasteiger partial charge is 0.119 e. The average Bonchev–Trinajstić information content (AvgIpc) is 2.75. The Bertz CT molecular complexity index is 519. The number of hydrogen-bond donors (Lipinski definition) is 1. The summed E-state index contributed by atoms with van der Waals surface area (Å²) >= 11 is 0. The number of unbranched alkanes of at least 4 members (excludes halogenated alkanes) is 15. The molecule has 174 valence electrons. The van der Waals surface area contributed by atoms with E-state index in [1.807, 2.05) is 6.07 Å². The number of hydrogen-bond acceptors (Lipinski definition) is 1. The Kier molecular flexibility index (Phi) is 16.9. The van der Waals surface area contributed by atoms with Gasteiger partial charge in [-0.2, -0.15) is 0 Å². The van der Waals surface area contributed by atoms with Crippen LogP contribution in [0.2, 0.25) is 0 Å². The average molecular weight is 417 g/mol. The summed E-state index contributed by atoms with van der Waals surface area (Å²) in [6.45, 7) is 6.82. The number of aryl methyl sites for hydroxylation is 1. The summed E-state index contributed by atoms with van der Waals surface area (Å²) in [6.07, 6.45) is 26.4. The number of phenols is 1. The van der Waals surface area contributed by atoms with Gasteiger partial charge in [-0.3, -0.25) is 0 Å². The maximum absolute atomic E-state index is 10.6. The van der Waals surface area contributed by atoms with Crippen LogP contribution >= 0.6 is 0 Å². The summed E-state index contributed by atoms with van der Waals surface area (Å²) in [5.41, 5.74) is 4.20. The number of benzene rings is 1.